The number of carbonyl (C=O) groups excluding carboxylic acids is 1. The molecule has 1 atom stereocenters. The summed E-state index contributed by atoms with van der Waals surface area (Å²) < 4.78 is 26.1. The maximum absolute atomic E-state index is 13.0. The molecule has 3 heterocycles. The maximum Gasteiger partial charge on any atom is 0.274 e. The van der Waals surface area contributed by atoms with Crippen molar-refractivity contribution in [1.29, 1.82) is 0 Å². The molecule has 7 nitrogen and oxygen atoms in total. The van der Waals surface area contributed by atoms with Crippen molar-refractivity contribution in [1.82, 2.24) is 14.8 Å². The summed E-state index contributed by atoms with van der Waals surface area (Å²) >= 11 is 0. The van der Waals surface area contributed by atoms with Crippen LogP contribution in [0.4, 0.5) is 10.1 Å². The number of benzene rings is 1. The van der Waals surface area contributed by atoms with Gasteiger partial charge in [0.1, 0.15) is 11.5 Å². The van der Waals surface area contributed by atoms with Gasteiger partial charge in [-0.15, -0.1) is 5.10 Å². The first-order valence-electron chi connectivity index (χ1n) is 9.20. The van der Waals surface area contributed by atoms with E-state index in [2.05, 4.69) is 15.4 Å². The van der Waals surface area contributed by atoms with Crippen LogP contribution in [0.3, 0.4) is 0 Å². The predicted octanol–water partition coefficient (Wildman–Crippen LogP) is 3.17. The highest BCUT2D eigenvalue weighted by Crippen LogP contribution is 2.28. The van der Waals surface area contributed by atoms with Gasteiger partial charge in [0.15, 0.2) is 0 Å². The molecule has 0 saturated carbocycles. The summed E-state index contributed by atoms with van der Waals surface area (Å²) in [6, 6.07) is 8.01. The van der Waals surface area contributed by atoms with Crippen LogP contribution in [0.25, 0.3) is 10.9 Å². The zero-order valence-corrected chi connectivity index (χ0v) is 15.5. The Hall–Kier alpha value is -3.00. The van der Waals surface area contributed by atoms with E-state index in [0.717, 1.165) is 43.2 Å². The van der Waals surface area contributed by atoms with Crippen LogP contribution in [0.15, 0.2) is 36.5 Å². The third kappa shape index (κ3) is 3.96. The predicted molar refractivity (Wildman–Crippen MR) is 102 cm³/mol. The molecule has 8 heteroatoms. The van der Waals surface area contributed by atoms with Crippen LogP contribution in [0.1, 0.15) is 23.3 Å². The molecule has 3 aromatic rings. The van der Waals surface area contributed by atoms with Crippen molar-refractivity contribution >= 4 is 22.5 Å². The molecule has 1 saturated heterocycles. The number of pyridine rings is 1. The summed E-state index contributed by atoms with van der Waals surface area (Å²) in [5.74, 6) is 0.0594. The molecule has 2 aromatic heterocycles. The number of fused-ring (bicyclic) bond motifs is 1. The molecule has 0 spiro atoms. The van der Waals surface area contributed by atoms with E-state index < -0.39 is 11.7 Å². The summed E-state index contributed by atoms with van der Waals surface area (Å²) in [6.07, 6.45) is 3.17. The number of anilines is 1. The third-order valence-electron chi connectivity index (χ3n) is 4.75. The van der Waals surface area contributed by atoms with E-state index in [1.54, 1.807) is 10.7 Å². The molecule has 1 unspecified atom stereocenters. The van der Waals surface area contributed by atoms with Gasteiger partial charge in [0.25, 0.3) is 5.91 Å². The molecule has 4 rings (SSSR count). The average Bonchev–Trinajstić information content (AvgIpc) is 3.03. The molecule has 1 aliphatic heterocycles. The molecule has 146 valence electrons. The van der Waals surface area contributed by atoms with E-state index >= 15 is 0 Å². The molecular formula is C20H21FN4O3. The van der Waals surface area contributed by atoms with E-state index in [9.17, 15) is 9.18 Å². The van der Waals surface area contributed by atoms with Crippen molar-refractivity contribution in [2.75, 3.05) is 25.1 Å². The van der Waals surface area contributed by atoms with E-state index in [4.69, 9.17) is 9.47 Å². The highest BCUT2D eigenvalue weighted by Gasteiger charge is 2.17. The zero-order valence-electron chi connectivity index (χ0n) is 15.5. The van der Waals surface area contributed by atoms with Crippen LogP contribution in [0.2, 0.25) is 0 Å². The minimum absolute atomic E-state index is 0.144. The number of aromatic nitrogens is 3. The summed E-state index contributed by atoms with van der Waals surface area (Å²) in [7, 11) is 1.83. The van der Waals surface area contributed by atoms with Gasteiger partial charge in [-0.2, -0.15) is 0 Å². The molecule has 0 aliphatic carbocycles. The highest BCUT2D eigenvalue weighted by molar-refractivity contribution is 6.03. The topological polar surface area (TPSA) is 78.3 Å². The molecule has 1 fully saturated rings. The number of rotatable bonds is 5. The molecule has 1 amide bonds. The average molecular weight is 384 g/mol. The number of nitrogens with zero attached hydrogens (tertiary/aromatic N) is 3. The van der Waals surface area contributed by atoms with Crippen LogP contribution in [-0.4, -0.2) is 40.5 Å². The van der Waals surface area contributed by atoms with Gasteiger partial charge in [-0.1, -0.05) is 0 Å². The van der Waals surface area contributed by atoms with Crippen molar-refractivity contribution in [3.8, 4) is 5.88 Å². The Morgan fingerprint density at radius 3 is 3.04 bits per heavy atom. The Bertz CT molecular complexity index is 981. The number of halogens is 1. The molecule has 1 aliphatic rings. The van der Waals surface area contributed by atoms with E-state index in [1.807, 2.05) is 19.2 Å². The van der Waals surface area contributed by atoms with E-state index in [0.29, 0.717) is 24.1 Å². The van der Waals surface area contributed by atoms with Crippen LogP contribution in [0.5, 0.6) is 5.88 Å². The van der Waals surface area contributed by atoms with Crippen LogP contribution in [-0.2, 0) is 11.8 Å². The van der Waals surface area contributed by atoms with E-state index in [1.165, 1.54) is 12.1 Å². The second kappa shape index (κ2) is 7.93. The SMILES string of the molecule is Cn1nc(OCC2CCCOC2)c2ccc(NC(=O)c3ccc(F)cn3)cc21. The Labute approximate surface area is 161 Å². The van der Waals surface area contributed by atoms with Crippen molar-refractivity contribution in [3.63, 3.8) is 0 Å². The van der Waals surface area contributed by atoms with Crippen molar-refractivity contribution in [3.05, 3.63) is 48.0 Å². The van der Waals surface area contributed by atoms with Crippen LogP contribution in [0, 0.1) is 11.7 Å². The number of nitrogens with one attached hydrogen (secondary N) is 1. The summed E-state index contributed by atoms with van der Waals surface area (Å²) in [5.41, 5.74) is 1.57. The van der Waals surface area contributed by atoms with Crippen molar-refractivity contribution < 1.29 is 18.7 Å². The Morgan fingerprint density at radius 1 is 1.39 bits per heavy atom. The standard InChI is InChI=1S/C20H21FN4O3/c1-25-18-9-15(23-19(26)17-7-4-14(21)10-22-17)5-6-16(18)20(24-25)28-12-13-3-2-8-27-11-13/h4-7,9-10,13H,2-3,8,11-12H2,1H3,(H,23,26). The Balaban J connectivity index is 1.48. The molecular weight excluding hydrogens is 363 g/mol. The normalized spacial score (nSPS) is 16.9. The lowest BCUT2D eigenvalue weighted by Crippen LogP contribution is -2.23. The fraction of sp³-hybridized carbons (Fsp3) is 0.350. The Kier molecular flexibility index (Phi) is 5.21. The first-order chi connectivity index (χ1) is 13.6. The summed E-state index contributed by atoms with van der Waals surface area (Å²) in [6.45, 7) is 2.12. The molecule has 1 N–H and O–H groups in total. The zero-order chi connectivity index (χ0) is 19.5. The summed E-state index contributed by atoms with van der Waals surface area (Å²) in [5, 5.41) is 8.09. The van der Waals surface area contributed by atoms with Gasteiger partial charge in [0, 0.05) is 25.3 Å². The summed E-state index contributed by atoms with van der Waals surface area (Å²) in [4.78, 5) is 16.1. The lowest BCUT2D eigenvalue weighted by molar-refractivity contribution is 0.0346. The quantitative estimate of drug-likeness (QED) is 0.731. The number of carbonyl (C=O) groups is 1. The molecule has 0 radical (unpaired) electrons. The Morgan fingerprint density at radius 2 is 2.29 bits per heavy atom. The second-order valence-corrected chi connectivity index (χ2v) is 6.87. The first kappa shape index (κ1) is 18.4. The first-order valence-corrected chi connectivity index (χ1v) is 9.20. The third-order valence-corrected chi connectivity index (χ3v) is 4.75. The smallest absolute Gasteiger partial charge is 0.274 e. The lowest BCUT2D eigenvalue weighted by Gasteiger charge is -2.21. The molecule has 28 heavy (non-hydrogen) atoms. The largest absolute Gasteiger partial charge is 0.476 e. The number of ether oxygens (including phenoxy) is 2. The van der Waals surface area contributed by atoms with Crippen molar-refractivity contribution in [2.24, 2.45) is 13.0 Å². The van der Waals surface area contributed by atoms with Crippen LogP contribution < -0.4 is 10.1 Å². The van der Waals surface area contributed by atoms with Gasteiger partial charge in [-0.05, 0) is 43.2 Å². The van der Waals surface area contributed by atoms with Crippen molar-refractivity contribution in [2.45, 2.75) is 12.8 Å². The fourth-order valence-electron chi connectivity index (χ4n) is 3.25. The number of hydrogen-bond acceptors (Lipinski definition) is 5. The lowest BCUT2D eigenvalue weighted by atomic mass is 10.0. The van der Waals surface area contributed by atoms with Gasteiger partial charge in [-0.25, -0.2) is 9.37 Å². The van der Waals surface area contributed by atoms with Gasteiger partial charge in [0.05, 0.1) is 30.3 Å². The van der Waals surface area contributed by atoms with Gasteiger partial charge in [-0.3, -0.25) is 9.48 Å². The maximum atomic E-state index is 13.0. The highest BCUT2D eigenvalue weighted by atomic mass is 19.1. The second-order valence-electron chi connectivity index (χ2n) is 6.87. The number of amides is 1. The number of hydrogen-bond donors (Lipinski definition) is 1. The minimum atomic E-state index is -0.486. The monoisotopic (exact) mass is 384 g/mol. The minimum Gasteiger partial charge on any atom is -0.476 e. The van der Waals surface area contributed by atoms with Gasteiger partial charge >= 0.3 is 0 Å². The molecule has 0 bridgehead atoms. The molecule has 1 aromatic carbocycles. The fourth-order valence-corrected chi connectivity index (χ4v) is 3.25. The van der Waals surface area contributed by atoms with E-state index in [-0.39, 0.29) is 5.69 Å². The van der Waals surface area contributed by atoms with Gasteiger partial charge in [0.2, 0.25) is 5.88 Å². The van der Waals surface area contributed by atoms with Crippen LogP contribution >= 0.6 is 0 Å². The number of aryl methyl sites for hydroxylation is 1. The van der Waals surface area contributed by atoms with Gasteiger partial charge < -0.3 is 14.8 Å².